The first-order chi connectivity index (χ1) is 9.56. The number of fused-ring (bicyclic) bond motifs is 1. The van der Waals surface area contributed by atoms with Gasteiger partial charge in [0.05, 0.1) is 5.56 Å². The maximum Gasteiger partial charge on any atom is 0.255 e. The Morgan fingerprint density at radius 2 is 1.60 bits per heavy atom. The predicted octanol–water partition coefficient (Wildman–Crippen LogP) is 3.47. The Hall–Kier alpha value is -2.29. The molecule has 3 heteroatoms. The number of hydrogen-bond donors (Lipinski definition) is 2. The molecular weight excluding hydrogens is 248 g/mol. The van der Waals surface area contributed by atoms with Crippen molar-refractivity contribution in [2.45, 2.75) is 26.9 Å². The molecule has 0 aliphatic carbocycles. The van der Waals surface area contributed by atoms with Gasteiger partial charge in [0, 0.05) is 5.69 Å². The minimum atomic E-state index is -0.170. The van der Waals surface area contributed by atoms with E-state index in [1.807, 2.05) is 24.3 Å². The van der Waals surface area contributed by atoms with Crippen LogP contribution in [0.15, 0.2) is 36.4 Å². The highest BCUT2D eigenvalue weighted by molar-refractivity contribution is 6.01. The standard InChI is InChI=1S/C17H18N2O/c1-10-8-12(3)14(9-11(10)2)16-18-15-7-5-4-6-13(15)17(20)19-16/h4-9,16,18H,1-3H3,(H,19,20). The zero-order valence-corrected chi connectivity index (χ0v) is 11.9. The molecule has 0 saturated heterocycles. The number of carbonyl (C=O) groups is 1. The molecule has 3 nitrogen and oxygen atoms in total. The summed E-state index contributed by atoms with van der Waals surface area (Å²) in [4.78, 5) is 12.2. The number of para-hydroxylation sites is 1. The zero-order valence-electron chi connectivity index (χ0n) is 11.9. The Kier molecular flexibility index (Phi) is 2.97. The fraction of sp³-hybridized carbons (Fsp3) is 0.235. The van der Waals surface area contributed by atoms with E-state index in [0.29, 0.717) is 5.56 Å². The lowest BCUT2D eigenvalue weighted by atomic mass is 9.97. The molecule has 102 valence electrons. The summed E-state index contributed by atoms with van der Waals surface area (Å²) < 4.78 is 0. The number of nitrogens with one attached hydrogen (secondary N) is 2. The van der Waals surface area contributed by atoms with Gasteiger partial charge in [0.15, 0.2) is 0 Å². The zero-order chi connectivity index (χ0) is 14.3. The van der Waals surface area contributed by atoms with Gasteiger partial charge in [0.2, 0.25) is 0 Å². The van der Waals surface area contributed by atoms with Gasteiger partial charge in [-0.3, -0.25) is 4.79 Å². The van der Waals surface area contributed by atoms with Crippen molar-refractivity contribution in [2.24, 2.45) is 0 Å². The van der Waals surface area contributed by atoms with Crippen LogP contribution >= 0.6 is 0 Å². The van der Waals surface area contributed by atoms with Crippen molar-refractivity contribution in [3.05, 3.63) is 64.2 Å². The maximum absolute atomic E-state index is 12.2. The first-order valence-electron chi connectivity index (χ1n) is 6.80. The minimum Gasteiger partial charge on any atom is -0.361 e. The Morgan fingerprint density at radius 1 is 0.900 bits per heavy atom. The fourth-order valence-electron chi connectivity index (χ4n) is 2.66. The molecule has 0 spiro atoms. The van der Waals surface area contributed by atoms with E-state index in [2.05, 4.69) is 43.5 Å². The summed E-state index contributed by atoms with van der Waals surface area (Å²) in [5.74, 6) is -0.0259. The molecule has 0 fully saturated rings. The van der Waals surface area contributed by atoms with Crippen LogP contribution in [0.25, 0.3) is 0 Å². The number of carbonyl (C=O) groups excluding carboxylic acids is 1. The average Bonchev–Trinajstić information content (AvgIpc) is 2.43. The highest BCUT2D eigenvalue weighted by atomic mass is 16.2. The highest BCUT2D eigenvalue weighted by Gasteiger charge is 2.25. The summed E-state index contributed by atoms with van der Waals surface area (Å²) in [6, 6.07) is 11.9. The number of anilines is 1. The van der Waals surface area contributed by atoms with E-state index in [9.17, 15) is 4.79 Å². The van der Waals surface area contributed by atoms with Crippen LogP contribution in [-0.2, 0) is 0 Å². The third kappa shape index (κ3) is 2.05. The summed E-state index contributed by atoms with van der Waals surface area (Å²) in [6.45, 7) is 6.28. The van der Waals surface area contributed by atoms with Crippen molar-refractivity contribution < 1.29 is 4.79 Å². The maximum atomic E-state index is 12.2. The molecule has 2 aromatic rings. The van der Waals surface area contributed by atoms with Crippen LogP contribution in [0.2, 0.25) is 0 Å². The lowest BCUT2D eigenvalue weighted by Crippen LogP contribution is -2.38. The lowest BCUT2D eigenvalue weighted by Gasteiger charge is -2.29. The Bertz CT molecular complexity index is 691. The van der Waals surface area contributed by atoms with E-state index in [1.54, 1.807) is 0 Å². The second-order valence-electron chi connectivity index (χ2n) is 5.39. The topological polar surface area (TPSA) is 41.1 Å². The normalized spacial score (nSPS) is 17.1. The first-order valence-corrected chi connectivity index (χ1v) is 6.80. The SMILES string of the molecule is Cc1cc(C)c(C2NC(=O)c3ccccc3N2)cc1C. The van der Waals surface area contributed by atoms with E-state index in [0.717, 1.165) is 11.3 Å². The fourth-order valence-corrected chi connectivity index (χ4v) is 2.66. The Labute approximate surface area is 119 Å². The van der Waals surface area contributed by atoms with Crippen LogP contribution in [0, 0.1) is 20.8 Å². The van der Waals surface area contributed by atoms with Crippen molar-refractivity contribution in [3.63, 3.8) is 0 Å². The van der Waals surface area contributed by atoms with Gasteiger partial charge in [-0.2, -0.15) is 0 Å². The van der Waals surface area contributed by atoms with Gasteiger partial charge in [0.1, 0.15) is 6.17 Å². The van der Waals surface area contributed by atoms with Gasteiger partial charge < -0.3 is 10.6 Å². The van der Waals surface area contributed by atoms with Crippen molar-refractivity contribution >= 4 is 11.6 Å². The second-order valence-corrected chi connectivity index (χ2v) is 5.39. The molecule has 1 atom stereocenters. The van der Waals surface area contributed by atoms with Gasteiger partial charge in [-0.25, -0.2) is 0 Å². The lowest BCUT2D eigenvalue weighted by molar-refractivity contribution is 0.0935. The minimum absolute atomic E-state index is 0.0259. The molecular formula is C17H18N2O. The molecule has 1 amide bonds. The summed E-state index contributed by atoms with van der Waals surface area (Å²) in [5, 5.41) is 6.43. The van der Waals surface area contributed by atoms with E-state index < -0.39 is 0 Å². The van der Waals surface area contributed by atoms with Gasteiger partial charge in [-0.15, -0.1) is 0 Å². The third-order valence-electron chi connectivity index (χ3n) is 3.94. The summed E-state index contributed by atoms with van der Waals surface area (Å²) in [6.07, 6.45) is -0.170. The molecule has 1 heterocycles. The monoisotopic (exact) mass is 266 g/mol. The molecule has 0 aromatic heterocycles. The quantitative estimate of drug-likeness (QED) is 0.830. The molecule has 1 unspecified atom stereocenters. The van der Waals surface area contributed by atoms with Crippen LogP contribution in [0.4, 0.5) is 5.69 Å². The molecule has 0 saturated carbocycles. The molecule has 1 aliphatic heterocycles. The van der Waals surface area contributed by atoms with Crippen LogP contribution in [-0.4, -0.2) is 5.91 Å². The molecule has 3 rings (SSSR count). The van der Waals surface area contributed by atoms with Gasteiger partial charge in [-0.05, 0) is 55.2 Å². The second kappa shape index (κ2) is 4.67. The number of hydrogen-bond acceptors (Lipinski definition) is 2. The van der Waals surface area contributed by atoms with Crippen molar-refractivity contribution in [3.8, 4) is 0 Å². The largest absolute Gasteiger partial charge is 0.361 e. The number of aryl methyl sites for hydroxylation is 3. The highest BCUT2D eigenvalue weighted by Crippen LogP contribution is 2.29. The molecule has 2 N–H and O–H groups in total. The molecule has 20 heavy (non-hydrogen) atoms. The van der Waals surface area contributed by atoms with Crippen LogP contribution < -0.4 is 10.6 Å². The van der Waals surface area contributed by atoms with E-state index in [-0.39, 0.29) is 12.1 Å². The summed E-state index contributed by atoms with van der Waals surface area (Å²) >= 11 is 0. The van der Waals surface area contributed by atoms with E-state index in [4.69, 9.17) is 0 Å². The smallest absolute Gasteiger partial charge is 0.255 e. The van der Waals surface area contributed by atoms with E-state index in [1.165, 1.54) is 16.7 Å². The molecule has 2 aromatic carbocycles. The molecule has 1 aliphatic rings. The van der Waals surface area contributed by atoms with Crippen LogP contribution in [0.5, 0.6) is 0 Å². The summed E-state index contributed by atoms with van der Waals surface area (Å²) in [7, 11) is 0. The average molecular weight is 266 g/mol. The van der Waals surface area contributed by atoms with Gasteiger partial charge in [0.25, 0.3) is 5.91 Å². The van der Waals surface area contributed by atoms with Gasteiger partial charge in [-0.1, -0.05) is 24.3 Å². The van der Waals surface area contributed by atoms with Crippen molar-refractivity contribution in [2.75, 3.05) is 5.32 Å². The van der Waals surface area contributed by atoms with Crippen molar-refractivity contribution in [1.29, 1.82) is 0 Å². The van der Waals surface area contributed by atoms with Gasteiger partial charge >= 0.3 is 0 Å². The Morgan fingerprint density at radius 3 is 2.40 bits per heavy atom. The third-order valence-corrected chi connectivity index (χ3v) is 3.94. The summed E-state index contributed by atoms with van der Waals surface area (Å²) in [5.41, 5.74) is 6.40. The first kappa shape index (κ1) is 12.7. The predicted molar refractivity (Wildman–Crippen MR) is 80.9 cm³/mol. The van der Waals surface area contributed by atoms with E-state index >= 15 is 0 Å². The Balaban J connectivity index is 2.02. The molecule has 0 bridgehead atoms. The number of benzene rings is 2. The van der Waals surface area contributed by atoms with Crippen LogP contribution in [0.3, 0.4) is 0 Å². The van der Waals surface area contributed by atoms with Crippen molar-refractivity contribution in [1.82, 2.24) is 5.32 Å². The van der Waals surface area contributed by atoms with Crippen LogP contribution in [0.1, 0.15) is 38.8 Å². The number of amides is 1. The molecule has 0 radical (unpaired) electrons. The number of rotatable bonds is 1.